The molecule has 0 fully saturated rings. The zero-order chi connectivity index (χ0) is 78.0. The van der Waals surface area contributed by atoms with Crippen molar-refractivity contribution in [2.75, 3.05) is 0 Å². The smallest absolute Gasteiger partial charge is 0.268 e. The minimum absolute atomic E-state index is 0. The van der Waals surface area contributed by atoms with Gasteiger partial charge >= 0.3 is 0 Å². The number of nitrogens with zero attached hydrogens (tertiary/aromatic N) is 4. The van der Waals surface area contributed by atoms with E-state index >= 15 is 0 Å². The third-order valence-electron chi connectivity index (χ3n) is 13.4. The van der Waals surface area contributed by atoms with Crippen LogP contribution in [0.5, 0.6) is 11.5 Å². The molecule has 0 unspecified atom stereocenters. The summed E-state index contributed by atoms with van der Waals surface area (Å²) in [6.07, 6.45) is 4.51. The van der Waals surface area contributed by atoms with Crippen LogP contribution >= 0.6 is 0 Å². The Morgan fingerprint density at radius 2 is 1.22 bits per heavy atom. The molecule has 13 aromatic rings. The number of aromatic nitrogens is 4. The summed E-state index contributed by atoms with van der Waals surface area (Å²) in [4.78, 5) is 4.65. The predicted molar refractivity (Wildman–Crippen MR) is 323 cm³/mol. The van der Waals surface area contributed by atoms with Crippen LogP contribution < -0.4 is 30.1 Å². The van der Waals surface area contributed by atoms with Crippen molar-refractivity contribution >= 4 is 61.7 Å². The molecule has 5 nitrogen and oxygen atoms in total. The molecule has 0 saturated carbocycles. The standard InChI is InChI=1S/C72H56N4OSi.Pt/c1-50-24-15-16-35-60(50)64-48-73-70(44-51(64)2)76-66-39-18-17-36-62(66)63-43-42-55(47-69(63)76)77-54-27-22-26-53(46-54)74-49-75(68-41-20-19-40-67(68)74)71-61(37-23-38-65(71)72(3,4)5)52-25-21-34-59(45-52)78(56-28-9-6-10-29-56,57-30-11-7-12-31-57)58-32-13-8-14-33-58;/h6-45,48H,1-5H3;/q-2;/i1D3,2D3,6D,7D,8D,9D,10D,11D,12D,13D,14D,15D,16D,21D,24D,25D,28D,29D,30D,31D,32D,33D,34D,35D,45D;. The van der Waals surface area contributed by atoms with Gasteiger partial charge in [0, 0.05) is 58.1 Å². The van der Waals surface area contributed by atoms with Crippen molar-refractivity contribution in [3.63, 3.8) is 0 Å². The molecule has 0 aliphatic carbocycles. The number of ether oxygens (including phenoxy) is 1. The van der Waals surface area contributed by atoms with E-state index in [0.717, 1.165) is 6.20 Å². The Morgan fingerprint density at radius 1 is 0.570 bits per heavy atom. The van der Waals surface area contributed by atoms with E-state index < -0.39 is 209 Å². The summed E-state index contributed by atoms with van der Waals surface area (Å²) in [6, 6.07) is 11.5. The quantitative estimate of drug-likeness (QED) is 0.0560. The zero-order valence-corrected chi connectivity index (χ0v) is 45.2. The van der Waals surface area contributed by atoms with E-state index in [0.29, 0.717) is 44.1 Å². The van der Waals surface area contributed by atoms with E-state index in [1.54, 1.807) is 98.6 Å². The van der Waals surface area contributed by atoms with E-state index in [2.05, 4.69) is 23.4 Å². The molecule has 0 aliphatic heterocycles. The summed E-state index contributed by atoms with van der Waals surface area (Å²) in [5, 5.41) is -2.60. The van der Waals surface area contributed by atoms with Crippen molar-refractivity contribution in [2.24, 2.45) is 0 Å². The minimum atomic E-state index is -6.24. The minimum Gasteiger partial charge on any atom is -0.510 e. The largest absolute Gasteiger partial charge is 0.510 e. The maximum Gasteiger partial charge on any atom is 0.268 e. The molecule has 79 heavy (non-hydrogen) atoms. The molecule has 0 spiro atoms. The second-order valence-corrected chi connectivity index (χ2v) is 22.5. The first-order valence-corrected chi connectivity index (χ1v) is 26.3. The number of para-hydroxylation sites is 4. The van der Waals surface area contributed by atoms with Crippen molar-refractivity contribution in [3.05, 3.63) is 283 Å². The average Bonchev–Trinajstić information content (AvgIpc) is 0.858. The molecule has 0 saturated heterocycles. The first kappa shape index (κ1) is 27.8. The Kier molecular flexibility index (Phi) is 7.36. The molecule has 3 heterocycles. The zero-order valence-electron chi connectivity index (χ0n) is 70.9. The van der Waals surface area contributed by atoms with E-state index in [1.807, 2.05) is 26.8 Å². The molecule has 0 radical (unpaired) electrons. The van der Waals surface area contributed by atoms with Gasteiger partial charge in [-0.15, -0.1) is 29.7 Å². The third-order valence-corrected chi connectivity index (χ3v) is 17.4. The van der Waals surface area contributed by atoms with Crippen molar-refractivity contribution in [1.29, 1.82) is 0 Å². The van der Waals surface area contributed by atoms with Gasteiger partial charge in [0.05, 0.1) is 48.2 Å². The fourth-order valence-electron chi connectivity index (χ4n) is 9.92. The first-order valence-electron chi connectivity index (χ1n) is 38.8. The molecule has 386 valence electrons. The van der Waals surface area contributed by atoms with Gasteiger partial charge in [-0.25, -0.2) is 4.98 Å². The molecule has 10 aromatic carbocycles. The summed E-state index contributed by atoms with van der Waals surface area (Å²) in [7, 11) is -6.24. The van der Waals surface area contributed by atoms with Gasteiger partial charge in [-0.3, -0.25) is 4.57 Å². The molecule has 13 rings (SSSR count). The van der Waals surface area contributed by atoms with Crippen LogP contribution in [0.3, 0.4) is 0 Å². The summed E-state index contributed by atoms with van der Waals surface area (Å²) < 4.78 is 276. The third kappa shape index (κ3) is 9.05. The number of rotatable bonds is 11. The van der Waals surface area contributed by atoms with E-state index in [1.165, 1.54) is 12.1 Å². The van der Waals surface area contributed by atoms with Gasteiger partial charge in [0.25, 0.3) is 6.33 Å². The van der Waals surface area contributed by atoms with Crippen LogP contribution in [0.2, 0.25) is 0 Å². The Morgan fingerprint density at radius 3 is 1.94 bits per heavy atom. The van der Waals surface area contributed by atoms with Gasteiger partial charge in [0.2, 0.25) is 0 Å². The fraction of sp³-hybridized carbons (Fsp3) is 0.0833. The summed E-state index contributed by atoms with van der Waals surface area (Å²) >= 11 is 0. The monoisotopic (exact) mass is 1240 g/mol. The van der Waals surface area contributed by atoms with Crippen LogP contribution in [0.15, 0.2) is 248 Å². The van der Waals surface area contributed by atoms with Crippen LogP contribution in [-0.4, -0.2) is 22.2 Å². The molecule has 0 aliphatic rings. The van der Waals surface area contributed by atoms with Gasteiger partial charge in [0.15, 0.2) is 8.07 Å². The predicted octanol–water partition coefficient (Wildman–Crippen LogP) is 14.2. The normalized spacial score (nSPS) is 17.3. The molecule has 3 aromatic heterocycles. The fourth-order valence-corrected chi connectivity index (χ4v) is 13.5. The maximum absolute atomic E-state index is 10.7. The van der Waals surface area contributed by atoms with Crippen LogP contribution in [-0.2, 0) is 26.5 Å². The molecule has 0 atom stereocenters. The number of aryl methyl sites for hydroxylation is 1. The number of benzene rings is 10. The molecular weight excluding hydrogens is 1160 g/mol. The van der Waals surface area contributed by atoms with Crippen molar-refractivity contribution in [1.82, 2.24) is 14.1 Å². The van der Waals surface area contributed by atoms with Crippen molar-refractivity contribution in [3.8, 4) is 50.9 Å². The van der Waals surface area contributed by atoms with Gasteiger partial charge in [-0.05, 0) is 96.5 Å². The second kappa shape index (κ2) is 20.9. The molecular formula is C72H56N4OPtSi-2. The number of hydrogen-bond donors (Lipinski definition) is 0. The number of fused-ring (bicyclic) bond motifs is 4. The average molecular weight is 1250 g/mol. The first-order chi connectivity index (χ1) is 50.1. The van der Waals surface area contributed by atoms with Gasteiger partial charge < -0.3 is 13.9 Å². The molecule has 0 bridgehead atoms. The molecule has 0 N–H and O–H groups in total. The number of imidazole rings is 1. The van der Waals surface area contributed by atoms with Crippen LogP contribution in [0.25, 0.3) is 72.3 Å². The molecule has 0 amide bonds. The van der Waals surface area contributed by atoms with Gasteiger partial charge in [0.1, 0.15) is 5.82 Å². The van der Waals surface area contributed by atoms with Crippen molar-refractivity contribution < 1.29 is 70.1 Å². The summed E-state index contributed by atoms with van der Waals surface area (Å²) in [6.45, 7) is -0.525. The molecule has 7 heteroatoms. The SMILES string of the molecule is [2H]c1c([2H])c([2H])c([Si](c2c([2H])c([2H])c([2H])c([2H])c2[2H])(c2c([2H])c([2H])c([2H])c([2H])c2[2H])c2c([2H])c([2H])c([2H])c(-c3cccc(C(C)(C)C)c3-[n+]3[c-]n(-c4[c-]c(Oc5[c-]c6c(cc5)c5ccccc5n6-c5cc(C([2H])([2H])[2H])c(-c6c([2H])c([2H])c([2H])c([2H])c6C([2H])([2H])[2H])cn5)ccc4)c4ccccc43)c2[2H])c([2H])c1[2H].[Pt]. The Balaban J connectivity index is 0.0000109. The maximum atomic E-state index is 10.7. The van der Waals surface area contributed by atoms with Crippen LogP contribution in [0, 0.1) is 32.2 Å². The number of pyridine rings is 1. The van der Waals surface area contributed by atoms with Crippen LogP contribution in [0.4, 0.5) is 0 Å². The van der Waals surface area contributed by atoms with E-state index in [9.17, 15) is 13.7 Å². The van der Waals surface area contributed by atoms with E-state index in [-0.39, 0.29) is 55.2 Å². The van der Waals surface area contributed by atoms with Crippen molar-refractivity contribution in [2.45, 2.75) is 39.9 Å². The summed E-state index contributed by atoms with van der Waals surface area (Å²) in [5.41, 5.74) is -0.886. The van der Waals surface area contributed by atoms with Crippen LogP contribution in [0.1, 0.15) is 77.2 Å². The summed E-state index contributed by atoms with van der Waals surface area (Å²) in [5.74, 6) is 0.250. The van der Waals surface area contributed by atoms with E-state index in [4.69, 9.17) is 30.8 Å². The Hall–Kier alpha value is -8.67. The Bertz CT molecular complexity index is 5770. The second-order valence-electron chi connectivity index (χ2n) is 19.0. The Labute approximate surface area is 518 Å². The van der Waals surface area contributed by atoms with Gasteiger partial charge in [-0.1, -0.05) is 226 Å². The van der Waals surface area contributed by atoms with Gasteiger partial charge in [-0.2, -0.15) is 18.2 Å². The number of hydrogen-bond acceptors (Lipinski definition) is 2. The topological polar surface area (TPSA) is 35.9 Å².